The molecule has 0 amide bonds. The van der Waals surface area contributed by atoms with Gasteiger partial charge in [0.05, 0.1) is 10.6 Å². The van der Waals surface area contributed by atoms with Gasteiger partial charge < -0.3 is 5.32 Å². The van der Waals surface area contributed by atoms with E-state index in [9.17, 15) is 8.42 Å². The predicted octanol–water partition coefficient (Wildman–Crippen LogP) is 2.02. The normalized spacial score (nSPS) is 11.9. The second-order valence-electron chi connectivity index (χ2n) is 6.41. The molecule has 0 fully saturated rings. The molecule has 0 spiro atoms. The van der Waals surface area contributed by atoms with Crippen LogP contribution >= 0.6 is 0 Å². The summed E-state index contributed by atoms with van der Waals surface area (Å²) in [5.74, 6) is 0. The third-order valence-electron chi connectivity index (χ3n) is 4.22. The Balaban J connectivity index is 1.78. The summed E-state index contributed by atoms with van der Waals surface area (Å²) < 4.78 is 28.0. The van der Waals surface area contributed by atoms with Gasteiger partial charge >= 0.3 is 0 Å². The molecule has 8 heteroatoms. The summed E-state index contributed by atoms with van der Waals surface area (Å²) in [5.41, 5.74) is 3.66. The molecule has 7 nitrogen and oxygen atoms in total. The highest BCUT2D eigenvalue weighted by atomic mass is 32.2. The average molecular weight is 385 g/mol. The summed E-state index contributed by atoms with van der Waals surface area (Å²) >= 11 is 0. The van der Waals surface area contributed by atoms with E-state index in [-0.39, 0.29) is 0 Å². The molecule has 1 N–H and O–H groups in total. The molecule has 2 heterocycles. The second kappa shape index (κ2) is 7.99. The average Bonchev–Trinajstić information content (AvgIpc) is 3.03. The molecule has 3 aromatic rings. The van der Waals surface area contributed by atoms with Crippen molar-refractivity contribution in [2.75, 3.05) is 14.1 Å². The van der Waals surface area contributed by atoms with Gasteiger partial charge in [-0.1, -0.05) is 18.2 Å². The largest absolute Gasteiger partial charge is 0.308 e. The van der Waals surface area contributed by atoms with Crippen LogP contribution in [0.1, 0.15) is 11.1 Å². The molecule has 0 unspecified atom stereocenters. The fourth-order valence-corrected chi connectivity index (χ4v) is 3.97. The maximum absolute atomic E-state index is 12.5. The van der Waals surface area contributed by atoms with Crippen molar-refractivity contribution < 1.29 is 8.42 Å². The highest BCUT2D eigenvalue weighted by Gasteiger charge is 2.20. The van der Waals surface area contributed by atoms with Gasteiger partial charge in [-0.3, -0.25) is 9.67 Å². The van der Waals surface area contributed by atoms with Crippen molar-refractivity contribution >= 4 is 10.0 Å². The van der Waals surface area contributed by atoms with Crippen molar-refractivity contribution in [1.82, 2.24) is 24.4 Å². The van der Waals surface area contributed by atoms with Crippen molar-refractivity contribution in [3.05, 3.63) is 66.1 Å². The molecule has 0 atom stereocenters. The van der Waals surface area contributed by atoms with Gasteiger partial charge in [-0.2, -0.15) is 5.10 Å². The van der Waals surface area contributed by atoms with Gasteiger partial charge in [0.1, 0.15) is 0 Å². The van der Waals surface area contributed by atoms with E-state index in [0.717, 1.165) is 22.4 Å². The third kappa shape index (κ3) is 4.24. The van der Waals surface area contributed by atoms with Crippen molar-refractivity contribution in [2.45, 2.75) is 18.0 Å². The van der Waals surface area contributed by atoms with Gasteiger partial charge in [0.15, 0.2) is 0 Å². The minimum absolute atomic E-state index is 0.322. The lowest BCUT2D eigenvalue weighted by atomic mass is 10.1. The first-order valence-corrected chi connectivity index (χ1v) is 9.97. The molecule has 0 saturated carbocycles. The van der Waals surface area contributed by atoms with Gasteiger partial charge in [0.2, 0.25) is 10.0 Å². The number of nitrogens with zero attached hydrogens (tertiary/aromatic N) is 4. The van der Waals surface area contributed by atoms with Gasteiger partial charge in [-0.15, -0.1) is 0 Å². The fraction of sp³-hybridized carbons (Fsp3) is 0.263. The summed E-state index contributed by atoms with van der Waals surface area (Å²) in [6.45, 7) is 1.01. The molecular weight excluding hydrogens is 362 g/mol. The molecule has 142 valence electrons. The minimum atomic E-state index is -3.48. The standard InChI is InChI=1S/C19H23N5O2S/c1-23(2)27(25,26)18-7-5-4-6-16(18)12-21-13-17-14-24(3)22-19(17)15-8-10-20-11-9-15/h4-11,14,21H,12-13H2,1-3H3. The molecule has 0 aliphatic carbocycles. The Bertz CT molecular complexity index is 1010. The number of nitrogens with one attached hydrogen (secondary N) is 1. The highest BCUT2D eigenvalue weighted by molar-refractivity contribution is 7.89. The first-order valence-electron chi connectivity index (χ1n) is 8.53. The molecule has 0 bridgehead atoms. The van der Waals surface area contributed by atoms with E-state index in [1.807, 2.05) is 37.5 Å². The Morgan fingerprint density at radius 1 is 1.04 bits per heavy atom. The smallest absolute Gasteiger partial charge is 0.242 e. The molecule has 0 aliphatic heterocycles. The van der Waals surface area contributed by atoms with Crippen molar-refractivity contribution in [3.8, 4) is 11.3 Å². The van der Waals surface area contributed by atoms with Crippen LogP contribution in [0.2, 0.25) is 0 Å². The van der Waals surface area contributed by atoms with E-state index in [1.54, 1.807) is 29.2 Å². The Labute approximate surface area is 159 Å². The van der Waals surface area contributed by atoms with Gasteiger partial charge in [0.25, 0.3) is 0 Å². The van der Waals surface area contributed by atoms with E-state index in [0.29, 0.717) is 18.0 Å². The van der Waals surface area contributed by atoms with E-state index in [4.69, 9.17) is 0 Å². The summed E-state index contributed by atoms with van der Waals surface area (Å²) in [6.07, 6.45) is 5.44. The summed E-state index contributed by atoms with van der Waals surface area (Å²) in [7, 11) is 1.48. The third-order valence-corrected chi connectivity index (χ3v) is 6.14. The second-order valence-corrected chi connectivity index (χ2v) is 8.53. The Morgan fingerprint density at radius 2 is 1.70 bits per heavy atom. The molecule has 0 radical (unpaired) electrons. The number of hydrogen-bond donors (Lipinski definition) is 1. The van der Waals surface area contributed by atoms with E-state index >= 15 is 0 Å². The number of benzene rings is 1. The van der Waals surface area contributed by atoms with Crippen molar-refractivity contribution in [3.63, 3.8) is 0 Å². The Kier molecular flexibility index (Phi) is 5.69. The monoisotopic (exact) mass is 385 g/mol. The van der Waals surface area contributed by atoms with Gasteiger partial charge in [-0.25, -0.2) is 12.7 Å². The Morgan fingerprint density at radius 3 is 2.41 bits per heavy atom. The van der Waals surface area contributed by atoms with Crippen molar-refractivity contribution in [1.29, 1.82) is 0 Å². The number of pyridine rings is 1. The van der Waals surface area contributed by atoms with Crippen LogP contribution in [-0.4, -0.2) is 41.6 Å². The van der Waals surface area contributed by atoms with Crippen LogP contribution in [0, 0.1) is 0 Å². The molecule has 0 saturated heterocycles. The first-order chi connectivity index (χ1) is 12.9. The lowest BCUT2D eigenvalue weighted by molar-refractivity contribution is 0.518. The quantitative estimate of drug-likeness (QED) is 0.673. The van der Waals surface area contributed by atoms with Crippen molar-refractivity contribution in [2.24, 2.45) is 7.05 Å². The summed E-state index contributed by atoms with van der Waals surface area (Å²) in [6, 6.07) is 10.9. The summed E-state index contributed by atoms with van der Waals surface area (Å²) in [5, 5.41) is 7.87. The SMILES string of the molecule is CN(C)S(=O)(=O)c1ccccc1CNCc1cn(C)nc1-c1ccncc1. The number of rotatable bonds is 7. The fourth-order valence-electron chi connectivity index (χ4n) is 2.85. The van der Waals surface area contributed by atoms with Gasteiger partial charge in [-0.05, 0) is 23.8 Å². The topological polar surface area (TPSA) is 80.1 Å². The number of sulfonamides is 1. The van der Waals surface area contributed by atoms with Crippen LogP contribution in [0.15, 0.2) is 59.9 Å². The summed E-state index contributed by atoms with van der Waals surface area (Å²) in [4.78, 5) is 4.37. The number of hydrogen-bond acceptors (Lipinski definition) is 5. The van der Waals surface area contributed by atoms with Crippen LogP contribution in [0.25, 0.3) is 11.3 Å². The van der Waals surface area contributed by atoms with E-state index < -0.39 is 10.0 Å². The highest BCUT2D eigenvalue weighted by Crippen LogP contribution is 2.22. The lowest BCUT2D eigenvalue weighted by Gasteiger charge is -2.15. The van der Waals surface area contributed by atoms with Crippen LogP contribution < -0.4 is 5.32 Å². The molecule has 1 aromatic carbocycles. The lowest BCUT2D eigenvalue weighted by Crippen LogP contribution is -2.24. The zero-order valence-electron chi connectivity index (χ0n) is 15.6. The van der Waals surface area contributed by atoms with Crippen LogP contribution in [-0.2, 0) is 30.2 Å². The zero-order valence-corrected chi connectivity index (χ0v) is 16.4. The molecule has 3 rings (SSSR count). The maximum Gasteiger partial charge on any atom is 0.242 e. The van der Waals surface area contributed by atoms with E-state index in [1.165, 1.54) is 18.4 Å². The molecule has 2 aromatic heterocycles. The number of aryl methyl sites for hydroxylation is 1. The predicted molar refractivity (Wildman–Crippen MR) is 104 cm³/mol. The zero-order chi connectivity index (χ0) is 19.4. The minimum Gasteiger partial charge on any atom is -0.308 e. The van der Waals surface area contributed by atoms with E-state index in [2.05, 4.69) is 15.4 Å². The van der Waals surface area contributed by atoms with Gasteiger partial charge in [0, 0.05) is 63.9 Å². The van der Waals surface area contributed by atoms with Crippen LogP contribution in [0.3, 0.4) is 0 Å². The first kappa shape index (κ1) is 19.2. The Hall–Kier alpha value is -2.55. The van der Waals surface area contributed by atoms with Crippen LogP contribution in [0.5, 0.6) is 0 Å². The molecule has 27 heavy (non-hydrogen) atoms. The number of aromatic nitrogens is 3. The maximum atomic E-state index is 12.5. The van der Waals surface area contributed by atoms with Crippen LogP contribution in [0.4, 0.5) is 0 Å². The molecular formula is C19H23N5O2S. The molecule has 0 aliphatic rings.